The molecule has 1 heterocycles. The Bertz CT molecular complexity index is 596. The van der Waals surface area contributed by atoms with E-state index in [1.54, 1.807) is 6.92 Å². The first-order valence-corrected chi connectivity index (χ1v) is 6.32. The topological polar surface area (TPSA) is 85.9 Å². The van der Waals surface area contributed by atoms with E-state index in [9.17, 15) is 4.79 Å². The molecule has 1 aromatic carbocycles. The summed E-state index contributed by atoms with van der Waals surface area (Å²) in [7, 11) is 0. The van der Waals surface area contributed by atoms with Crippen LogP contribution >= 0.6 is 12.2 Å². The molecule has 1 aromatic rings. The molecule has 0 fully saturated rings. The standard InChI is InChI=1S/C13H13N3O3S/c1-2-18-13(17)9(10(14)20)12-16-15-11(19-12)8-6-4-3-5-7-8/h3-7,16H,2H2,1H3,(H2,14,20)/b12-9-. The maximum Gasteiger partial charge on any atom is 0.346 e. The number of hydrazone groups is 1. The van der Waals surface area contributed by atoms with E-state index >= 15 is 0 Å². The van der Waals surface area contributed by atoms with E-state index in [0.717, 1.165) is 5.56 Å². The number of nitrogens with two attached hydrogens (primary N) is 1. The molecule has 7 heteroatoms. The number of esters is 1. The predicted molar refractivity (Wildman–Crippen MR) is 77.6 cm³/mol. The maximum atomic E-state index is 11.8. The van der Waals surface area contributed by atoms with Crippen molar-refractivity contribution in [1.82, 2.24) is 5.43 Å². The van der Waals surface area contributed by atoms with Gasteiger partial charge >= 0.3 is 5.97 Å². The fourth-order valence-corrected chi connectivity index (χ4v) is 1.74. The summed E-state index contributed by atoms with van der Waals surface area (Å²) in [4.78, 5) is 11.7. The van der Waals surface area contributed by atoms with E-state index in [1.807, 2.05) is 30.3 Å². The lowest BCUT2D eigenvalue weighted by atomic mass is 10.2. The zero-order valence-corrected chi connectivity index (χ0v) is 11.6. The molecule has 0 saturated heterocycles. The van der Waals surface area contributed by atoms with Crippen molar-refractivity contribution >= 4 is 29.1 Å². The largest absolute Gasteiger partial charge is 0.462 e. The van der Waals surface area contributed by atoms with E-state index in [4.69, 9.17) is 27.4 Å². The Kier molecular flexibility index (Phi) is 4.31. The van der Waals surface area contributed by atoms with Crippen molar-refractivity contribution in [1.29, 1.82) is 0 Å². The Hall–Kier alpha value is -2.41. The Balaban J connectivity index is 2.25. The van der Waals surface area contributed by atoms with Crippen LogP contribution in [0.25, 0.3) is 0 Å². The number of rotatable bonds is 4. The quantitative estimate of drug-likeness (QED) is 0.489. The van der Waals surface area contributed by atoms with Gasteiger partial charge in [0, 0.05) is 5.56 Å². The highest BCUT2D eigenvalue weighted by Gasteiger charge is 2.26. The molecule has 0 aromatic heterocycles. The van der Waals surface area contributed by atoms with Gasteiger partial charge in [0.1, 0.15) is 4.99 Å². The van der Waals surface area contributed by atoms with Crippen LogP contribution in [-0.4, -0.2) is 23.5 Å². The summed E-state index contributed by atoms with van der Waals surface area (Å²) < 4.78 is 10.4. The third kappa shape index (κ3) is 2.94. The Labute approximate surface area is 121 Å². The molecule has 0 unspecified atom stereocenters. The smallest absolute Gasteiger partial charge is 0.346 e. The highest BCUT2D eigenvalue weighted by molar-refractivity contribution is 7.80. The van der Waals surface area contributed by atoms with Crippen LogP contribution in [0.15, 0.2) is 46.9 Å². The van der Waals surface area contributed by atoms with Crippen molar-refractivity contribution in [2.24, 2.45) is 10.8 Å². The molecule has 104 valence electrons. The van der Waals surface area contributed by atoms with Crippen molar-refractivity contribution in [2.45, 2.75) is 6.92 Å². The zero-order valence-electron chi connectivity index (χ0n) is 10.8. The molecule has 2 rings (SSSR count). The minimum atomic E-state index is -0.646. The Morgan fingerprint density at radius 1 is 1.45 bits per heavy atom. The summed E-state index contributed by atoms with van der Waals surface area (Å²) in [5, 5.41) is 4.00. The first kappa shape index (κ1) is 14.0. The van der Waals surface area contributed by atoms with Crippen molar-refractivity contribution in [2.75, 3.05) is 6.61 Å². The van der Waals surface area contributed by atoms with Crippen molar-refractivity contribution < 1.29 is 14.3 Å². The SMILES string of the molecule is CCOC(=O)/C(C(N)=S)=C1/NN=C(c2ccccc2)O1. The van der Waals surface area contributed by atoms with Crippen LogP contribution < -0.4 is 11.2 Å². The van der Waals surface area contributed by atoms with E-state index in [-0.39, 0.29) is 23.1 Å². The minimum Gasteiger partial charge on any atom is -0.462 e. The number of ether oxygens (including phenoxy) is 2. The van der Waals surface area contributed by atoms with E-state index < -0.39 is 5.97 Å². The van der Waals surface area contributed by atoms with Gasteiger partial charge in [-0.05, 0) is 19.1 Å². The van der Waals surface area contributed by atoms with Gasteiger partial charge in [0.15, 0.2) is 5.57 Å². The number of carbonyl (C=O) groups is 1. The van der Waals surface area contributed by atoms with Gasteiger partial charge in [-0.2, -0.15) is 0 Å². The number of hydrogen-bond donors (Lipinski definition) is 2. The number of carbonyl (C=O) groups excluding carboxylic acids is 1. The number of thiocarbonyl (C=S) groups is 1. The van der Waals surface area contributed by atoms with Crippen LogP contribution in [0, 0.1) is 0 Å². The molecular formula is C13H13N3O3S. The van der Waals surface area contributed by atoms with Gasteiger partial charge in [-0.25, -0.2) is 10.2 Å². The van der Waals surface area contributed by atoms with Crippen LogP contribution in [0.2, 0.25) is 0 Å². The second-order valence-corrected chi connectivity index (χ2v) is 4.23. The Morgan fingerprint density at radius 3 is 2.75 bits per heavy atom. The monoisotopic (exact) mass is 291 g/mol. The fraction of sp³-hybridized carbons (Fsp3) is 0.154. The third-order valence-electron chi connectivity index (χ3n) is 2.43. The summed E-state index contributed by atoms with van der Waals surface area (Å²) in [6, 6.07) is 9.23. The molecule has 0 bridgehead atoms. The number of nitrogens with zero attached hydrogens (tertiary/aromatic N) is 1. The first-order chi connectivity index (χ1) is 9.63. The molecule has 0 aliphatic carbocycles. The summed E-state index contributed by atoms with van der Waals surface area (Å²) in [5.41, 5.74) is 8.87. The van der Waals surface area contributed by atoms with E-state index in [0.29, 0.717) is 5.90 Å². The molecule has 6 nitrogen and oxygen atoms in total. The molecule has 3 N–H and O–H groups in total. The predicted octanol–water partition coefficient (Wildman–Crippen LogP) is 1.03. The second-order valence-electron chi connectivity index (χ2n) is 3.79. The molecule has 0 radical (unpaired) electrons. The van der Waals surface area contributed by atoms with Crippen LogP contribution in [0.1, 0.15) is 12.5 Å². The van der Waals surface area contributed by atoms with Crippen molar-refractivity contribution in [3.05, 3.63) is 47.4 Å². The molecule has 1 aliphatic rings. The summed E-state index contributed by atoms with van der Waals surface area (Å²) >= 11 is 4.85. The Morgan fingerprint density at radius 2 is 2.15 bits per heavy atom. The van der Waals surface area contributed by atoms with Gasteiger partial charge in [-0.1, -0.05) is 30.4 Å². The maximum absolute atomic E-state index is 11.8. The first-order valence-electron chi connectivity index (χ1n) is 5.91. The van der Waals surface area contributed by atoms with Gasteiger partial charge in [0.25, 0.3) is 0 Å². The van der Waals surface area contributed by atoms with Gasteiger partial charge in [-0.15, -0.1) is 5.10 Å². The van der Waals surface area contributed by atoms with Crippen molar-refractivity contribution in [3.8, 4) is 0 Å². The van der Waals surface area contributed by atoms with Crippen LogP contribution in [0.3, 0.4) is 0 Å². The molecule has 20 heavy (non-hydrogen) atoms. The summed E-state index contributed by atoms with van der Waals surface area (Å²) in [6.45, 7) is 1.90. The average Bonchev–Trinajstić information content (AvgIpc) is 2.89. The highest BCUT2D eigenvalue weighted by Crippen LogP contribution is 2.16. The van der Waals surface area contributed by atoms with Crippen LogP contribution in [0.5, 0.6) is 0 Å². The number of benzene rings is 1. The lowest BCUT2D eigenvalue weighted by molar-refractivity contribution is -0.138. The molecule has 0 saturated carbocycles. The van der Waals surface area contributed by atoms with Gasteiger partial charge in [0.2, 0.25) is 11.8 Å². The van der Waals surface area contributed by atoms with E-state index in [2.05, 4.69) is 10.5 Å². The summed E-state index contributed by atoms with van der Waals surface area (Å²) in [5.74, 6) is -0.236. The van der Waals surface area contributed by atoms with Crippen LogP contribution in [-0.2, 0) is 14.3 Å². The number of hydrogen-bond acceptors (Lipinski definition) is 6. The lowest BCUT2D eigenvalue weighted by Gasteiger charge is -2.08. The van der Waals surface area contributed by atoms with Gasteiger partial charge < -0.3 is 15.2 Å². The van der Waals surface area contributed by atoms with Gasteiger partial charge in [0.05, 0.1) is 6.61 Å². The molecule has 0 spiro atoms. The molecule has 0 atom stereocenters. The average molecular weight is 291 g/mol. The normalized spacial score (nSPS) is 15.8. The molecular weight excluding hydrogens is 278 g/mol. The van der Waals surface area contributed by atoms with Gasteiger partial charge in [-0.3, -0.25) is 0 Å². The van der Waals surface area contributed by atoms with Crippen molar-refractivity contribution in [3.63, 3.8) is 0 Å². The minimum absolute atomic E-state index is 0.0310. The fourth-order valence-electron chi connectivity index (χ4n) is 1.56. The number of nitrogens with one attached hydrogen (secondary N) is 1. The van der Waals surface area contributed by atoms with Crippen LogP contribution in [0.4, 0.5) is 0 Å². The molecule has 1 aliphatic heterocycles. The highest BCUT2D eigenvalue weighted by atomic mass is 32.1. The molecule has 0 amide bonds. The van der Waals surface area contributed by atoms with E-state index in [1.165, 1.54) is 0 Å². The lowest BCUT2D eigenvalue weighted by Crippen LogP contribution is -2.25. The second kappa shape index (κ2) is 6.16. The summed E-state index contributed by atoms with van der Waals surface area (Å²) in [6.07, 6.45) is 0. The zero-order chi connectivity index (χ0) is 14.5. The third-order valence-corrected chi connectivity index (χ3v) is 2.64.